The van der Waals surface area contributed by atoms with Crippen LogP contribution in [0.5, 0.6) is 0 Å². The minimum absolute atomic E-state index is 0.229. The first-order valence-electron chi connectivity index (χ1n) is 7.65. The van der Waals surface area contributed by atoms with Crippen LogP contribution in [0.3, 0.4) is 0 Å². The van der Waals surface area contributed by atoms with Crippen molar-refractivity contribution in [2.75, 3.05) is 33.7 Å². The van der Waals surface area contributed by atoms with Gasteiger partial charge in [0.05, 0.1) is 0 Å². The molecule has 0 bridgehead atoms. The highest BCUT2D eigenvalue weighted by atomic mass is 15.2. The fraction of sp³-hybridized carbons (Fsp3) is 1.00. The van der Waals surface area contributed by atoms with Gasteiger partial charge in [-0.1, -0.05) is 26.2 Å². The lowest BCUT2D eigenvalue weighted by molar-refractivity contribution is 0.0489. The predicted octanol–water partition coefficient (Wildman–Crippen LogP) is 2.31. The molecule has 1 heterocycles. The number of rotatable bonds is 7. The highest BCUT2D eigenvalue weighted by Gasteiger charge is 2.33. The zero-order valence-corrected chi connectivity index (χ0v) is 12.9. The second kappa shape index (κ2) is 7.46. The molecule has 0 aromatic carbocycles. The molecule has 0 radical (unpaired) electrons. The molecule has 1 aliphatic heterocycles. The van der Waals surface area contributed by atoms with Gasteiger partial charge in [-0.2, -0.15) is 0 Å². The monoisotopic (exact) mass is 255 g/mol. The Morgan fingerprint density at radius 2 is 1.83 bits per heavy atom. The summed E-state index contributed by atoms with van der Waals surface area (Å²) in [5, 5.41) is 0. The molecule has 2 N–H and O–H groups in total. The first-order chi connectivity index (χ1) is 8.53. The van der Waals surface area contributed by atoms with Gasteiger partial charge >= 0.3 is 0 Å². The van der Waals surface area contributed by atoms with Crippen molar-refractivity contribution >= 4 is 0 Å². The van der Waals surface area contributed by atoms with Crippen molar-refractivity contribution in [1.29, 1.82) is 0 Å². The molecule has 0 aromatic heterocycles. The molecule has 1 unspecified atom stereocenters. The van der Waals surface area contributed by atoms with Crippen molar-refractivity contribution in [3.05, 3.63) is 0 Å². The van der Waals surface area contributed by atoms with Crippen LogP contribution in [0.15, 0.2) is 0 Å². The first-order valence-corrected chi connectivity index (χ1v) is 7.65. The van der Waals surface area contributed by atoms with E-state index >= 15 is 0 Å². The van der Waals surface area contributed by atoms with E-state index in [4.69, 9.17) is 5.73 Å². The average Bonchev–Trinajstić information content (AvgIpc) is 2.39. The minimum atomic E-state index is 0.229. The summed E-state index contributed by atoms with van der Waals surface area (Å²) in [6.07, 6.45) is 7.78. The average molecular weight is 255 g/mol. The highest BCUT2D eigenvalue weighted by Crippen LogP contribution is 2.26. The van der Waals surface area contributed by atoms with E-state index < -0.39 is 0 Å². The lowest BCUT2D eigenvalue weighted by Crippen LogP contribution is -2.56. The van der Waals surface area contributed by atoms with Crippen LogP contribution in [0.1, 0.15) is 52.4 Å². The number of piperidine rings is 1. The molecule has 0 spiro atoms. The quantitative estimate of drug-likeness (QED) is 0.709. The predicted molar refractivity (Wildman–Crippen MR) is 79.9 cm³/mol. The van der Waals surface area contributed by atoms with E-state index in [0.717, 1.165) is 12.6 Å². The second-order valence-electron chi connectivity index (χ2n) is 6.34. The zero-order valence-electron chi connectivity index (χ0n) is 12.9. The highest BCUT2D eigenvalue weighted by molar-refractivity contribution is 4.91. The number of nitrogens with two attached hydrogens (primary N) is 1. The van der Waals surface area contributed by atoms with Crippen LogP contribution in [0.4, 0.5) is 0 Å². The molecule has 0 aromatic rings. The molecule has 0 saturated carbocycles. The second-order valence-corrected chi connectivity index (χ2v) is 6.34. The number of hydrogen-bond donors (Lipinski definition) is 1. The van der Waals surface area contributed by atoms with E-state index in [-0.39, 0.29) is 5.54 Å². The first kappa shape index (κ1) is 15.9. The molecule has 3 heteroatoms. The van der Waals surface area contributed by atoms with E-state index in [0.29, 0.717) is 0 Å². The Morgan fingerprint density at radius 3 is 2.28 bits per heavy atom. The van der Waals surface area contributed by atoms with E-state index in [1.807, 2.05) is 0 Å². The van der Waals surface area contributed by atoms with Gasteiger partial charge in [-0.05, 0) is 40.3 Å². The molecule has 1 atom stereocenters. The summed E-state index contributed by atoms with van der Waals surface area (Å²) in [4.78, 5) is 5.01. The molecule has 0 amide bonds. The SMILES string of the molecule is CCCCCC(C)(CN)N1CCC(N(C)C)CC1. The summed E-state index contributed by atoms with van der Waals surface area (Å²) in [6, 6.07) is 0.763. The van der Waals surface area contributed by atoms with Gasteiger partial charge in [0.1, 0.15) is 0 Å². The van der Waals surface area contributed by atoms with Crippen molar-refractivity contribution in [1.82, 2.24) is 9.80 Å². The Morgan fingerprint density at radius 1 is 1.22 bits per heavy atom. The third kappa shape index (κ3) is 4.22. The number of hydrogen-bond acceptors (Lipinski definition) is 3. The summed E-state index contributed by atoms with van der Waals surface area (Å²) >= 11 is 0. The Hall–Kier alpha value is -0.120. The Balaban J connectivity index is 2.46. The summed E-state index contributed by atoms with van der Waals surface area (Å²) in [6.45, 7) is 7.84. The maximum absolute atomic E-state index is 6.06. The maximum atomic E-state index is 6.06. The summed E-state index contributed by atoms with van der Waals surface area (Å²) in [7, 11) is 4.40. The normalized spacial score (nSPS) is 22.3. The van der Waals surface area contributed by atoms with Crippen molar-refractivity contribution in [2.24, 2.45) is 5.73 Å². The topological polar surface area (TPSA) is 32.5 Å². The third-order valence-electron chi connectivity index (χ3n) is 4.72. The van der Waals surface area contributed by atoms with Crippen molar-refractivity contribution in [2.45, 2.75) is 64.0 Å². The molecular formula is C15H33N3. The molecule has 108 valence electrons. The number of unbranched alkanes of at least 4 members (excludes halogenated alkanes) is 2. The van der Waals surface area contributed by atoms with Crippen molar-refractivity contribution in [3.63, 3.8) is 0 Å². The molecule has 1 rings (SSSR count). The Kier molecular flexibility index (Phi) is 6.61. The van der Waals surface area contributed by atoms with Gasteiger partial charge in [-0.25, -0.2) is 0 Å². The van der Waals surface area contributed by atoms with Gasteiger partial charge in [0.15, 0.2) is 0 Å². The minimum Gasteiger partial charge on any atom is -0.329 e. The van der Waals surface area contributed by atoms with E-state index in [1.54, 1.807) is 0 Å². The van der Waals surface area contributed by atoms with Crippen LogP contribution in [-0.2, 0) is 0 Å². The van der Waals surface area contributed by atoms with Crippen LogP contribution in [0.25, 0.3) is 0 Å². The van der Waals surface area contributed by atoms with Crippen LogP contribution in [-0.4, -0.2) is 55.1 Å². The molecular weight excluding hydrogens is 222 g/mol. The smallest absolute Gasteiger partial charge is 0.0303 e. The molecule has 1 fully saturated rings. The summed E-state index contributed by atoms with van der Waals surface area (Å²) < 4.78 is 0. The molecule has 0 aliphatic carbocycles. The molecule has 1 aliphatic rings. The van der Waals surface area contributed by atoms with Gasteiger partial charge in [0.25, 0.3) is 0 Å². The molecule has 1 saturated heterocycles. The van der Waals surface area contributed by atoms with E-state index in [1.165, 1.54) is 51.6 Å². The van der Waals surface area contributed by atoms with E-state index in [9.17, 15) is 0 Å². The fourth-order valence-electron chi connectivity index (χ4n) is 3.07. The maximum Gasteiger partial charge on any atom is 0.0303 e. The van der Waals surface area contributed by atoms with Crippen LogP contribution in [0, 0.1) is 0 Å². The largest absolute Gasteiger partial charge is 0.329 e. The number of likely N-dealkylation sites (tertiary alicyclic amines) is 1. The lowest BCUT2D eigenvalue weighted by Gasteiger charge is -2.45. The zero-order chi connectivity index (χ0) is 13.6. The lowest BCUT2D eigenvalue weighted by atomic mass is 9.89. The summed E-state index contributed by atoms with van der Waals surface area (Å²) in [5.41, 5.74) is 6.29. The van der Waals surface area contributed by atoms with Crippen molar-refractivity contribution in [3.8, 4) is 0 Å². The molecule has 3 nitrogen and oxygen atoms in total. The number of nitrogens with zero attached hydrogens (tertiary/aromatic N) is 2. The van der Waals surface area contributed by atoms with Crippen LogP contribution < -0.4 is 5.73 Å². The van der Waals surface area contributed by atoms with Gasteiger partial charge in [-0.3, -0.25) is 4.90 Å². The standard InChI is InChI=1S/C15H33N3/c1-5-6-7-10-15(2,13-16)18-11-8-14(9-12-18)17(3)4/h14H,5-13,16H2,1-4H3. The summed E-state index contributed by atoms with van der Waals surface area (Å²) in [5.74, 6) is 0. The van der Waals surface area contributed by atoms with Crippen LogP contribution in [0.2, 0.25) is 0 Å². The Bertz CT molecular complexity index is 222. The van der Waals surface area contributed by atoms with Crippen LogP contribution >= 0.6 is 0 Å². The van der Waals surface area contributed by atoms with Gasteiger partial charge < -0.3 is 10.6 Å². The van der Waals surface area contributed by atoms with Gasteiger partial charge in [0, 0.05) is 31.2 Å². The van der Waals surface area contributed by atoms with E-state index in [2.05, 4.69) is 37.7 Å². The Labute approximate surface area is 114 Å². The van der Waals surface area contributed by atoms with Gasteiger partial charge in [0.2, 0.25) is 0 Å². The third-order valence-corrected chi connectivity index (χ3v) is 4.72. The molecule has 18 heavy (non-hydrogen) atoms. The van der Waals surface area contributed by atoms with Crippen molar-refractivity contribution < 1.29 is 0 Å². The fourth-order valence-corrected chi connectivity index (χ4v) is 3.07. The van der Waals surface area contributed by atoms with Gasteiger partial charge in [-0.15, -0.1) is 0 Å².